The van der Waals surface area contributed by atoms with Crippen molar-refractivity contribution in [3.63, 3.8) is 0 Å². The van der Waals surface area contributed by atoms with Gasteiger partial charge in [-0.15, -0.1) is 0 Å². The number of nitrogens with one attached hydrogen (secondary N) is 1. The monoisotopic (exact) mass is 254 g/mol. The third kappa shape index (κ3) is 5.05. The first-order valence-electron chi connectivity index (χ1n) is 6.62. The first-order valence-corrected chi connectivity index (χ1v) is 7.00. The third-order valence-corrected chi connectivity index (χ3v) is 3.23. The molecule has 96 valence electrons. The highest BCUT2D eigenvalue weighted by Crippen LogP contribution is 2.25. The van der Waals surface area contributed by atoms with Gasteiger partial charge in [0.15, 0.2) is 0 Å². The summed E-state index contributed by atoms with van der Waals surface area (Å²) in [7, 11) is 0. The SMILES string of the molecule is CCCCCC(NCCC)c1ccncc1Cl. The molecule has 3 heteroatoms. The second-order valence-corrected chi connectivity index (χ2v) is 4.81. The molecule has 1 aromatic rings. The lowest BCUT2D eigenvalue weighted by atomic mass is 10.0. The number of hydrogen-bond donors (Lipinski definition) is 1. The van der Waals surface area contributed by atoms with Gasteiger partial charge in [-0.3, -0.25) is 4.98 Å². The lowest BCUT2D eigenvalue weighted by molar-refractivity contribution is 0.474. The number of pyridine rings is 1. The van der Waals surface area contributed by atoms with Gasteiger partial charge in [0.25, 0.3) is 0 Å². The molecular weight excluding hydrogens is 232 g/mol. The molecule has 1 heterocycles. The van der Waals surface area contributed by atoms with E-state index in [4.69, 9.17) is 11.6 Å². The molecule has 0 fully saturated rings. The maximum atomic E-state index is 6.21. The molecule has 0 saturated heterocycles. The quantitative estimate of drug-likeness (QED) is 0.698. The standard InChI is InChI=1S/C14H23ClN2/c1-3-5-6-7-14(17-9-4-2)12-8-10-16-11-13(12)15/h8,10-11,14,17H,3-7,9H2,1-2H3. The number of unbranched alkanes of at least 4 members (excludes halogenated alkanes) is 2. The summed E-state index contributed by atoms with van der Waals surface area (Å²) in [6.07, 6.45) is 9.64. The fourth-order valence-corrected chi connectivity index (χ4v) is 2.20. The van der Waals surface area contributed by atoms with Crippen molar-refractivity contribution in [1.82, 2.24) is 10.3 Å². The van der Waals surface area contributed by atoms with Crippen LogP contribution in [-0.2, 0) is 0 Å². The molecule has 1 unspecified atom stereocenters. The van der Waals surface area contributed by atoms with Crippen molar-refractivity contribution in [2.24, 2.45) is 0 Å². The van der Waals surface area contributed by atoms with Crippen molar-refractivity contribution >= 4 is 11.6 Å². The molecule has 0 aromatic carbocycles. The summed E-state index contributed by atoms with van der Waals surface area (Å²) < 4.78 is 0. The lowest BCUT2D eigenvalue weighted by Gasteiger charge is -2.19. The Morgan fingerprint density at radius 3 is 2.76 bits per heavy atom. The Labute approximate surface area is 110 Å². The highest BCUT2D eigenvalue weighted by Gasteiger charge is 2.13. The van der Waals surface area contributed by atoms with Crippen LogP contribution in [0.1, 0.15) is 57.6 Å². The average Bonchev–Trinajstić information content (AvgIpc) is 2.35. The molecule has 0 aliphatic rings. The van der Waals surface area contributed by atoms with E-state index < -0.39 is 0 Å². The lowest BCUT2D eigenvalue weighted by Crippen LogP contribution is -2.22. The third-order valence-electron chi connectivity index (χ3n) is 2.92. The van der Waals surface area contributed by atoms with Gasteiger partial charge in [0, 0.05) is 18.4 Å². The first-order chi connectivity index (χ1) is 8.29. The van der Waals surface area contributed by atoms with Crippen LogP contribution in [0.3, 0.4) is 0 Å². The summed E-state index contributed by atoms with van der Waals surface area (Å²) in [6, 6.07) is 2.40. The van der Waals surface area contributed by atoms with Crippen LogP contribution in [0, 0.1) is 0 Å². The van der Waals surface area contributed by atoms with Gasteiger partial charge < -0.3 is 5.32 Å². The zero-order valence-corrected chi connectivity index (χ0v) is 11.6. The number of hydrogen-bond acceptors (Lipinski definition) is 2. The van der Waals surface area contributed by atoms with Gasteiger partial charge in [-0.1, -0.05) is 44.7 Å². The van der Waals surface area contributed by atoms with E-state index in [2.05, 4.69) is 24.1 Å². The molecule has 0 amide bonds. The summed E-state index contributed by atoms with van der Waals surface area (Å²) in [5.41, 5.74) is 1.19. The van der Waals surface area contributed by atoms with Gasteiger partial charge in [0.05, 0.1) is 5.02 Å². The molecule has 0 aliphatic carbocycles. The molecule has 1 atom stereocenters. The highest BCUT2D eigenvalue weighted by atomic mass is 35.5. The van der Waals surface area contributed by atoms with Gasteiger partial charge in [-0.25, -0.2) is 0 Å². The van der Waals surface area contributed by atoms with Crippen molar-refractivity contribution in [1.29, 1.82) is 0 Å². The summed E-state index contributed by atoms with van der Waals surface area (Å²) in [6.45, 7) is 5.45. The van der Waals surface area contributed by atoms with Crippen LogP contribution in [0.5, 0.6) is 0 Å². The minimum atomic E-state index is 0.372. The summed E-state index contributed by atoms with van der Waals surface area (Å²) in [5.74, 6) is 0. The van der Waals surface area contributed by atoms with Crippen molar-refractivity contribution in [2.75, 3.05) is 6.54 Å². The average molecular weight is 255 g/mol. The maximum absolute atomic E-state index is 6.21. The Kier molecular flexibility index (Phi) is 7.22. The normalized spacial score (nSPS) is 12.6. The number of halogens is 1. The summed E-state index contributed by atoms with van der Waals surface area (Å²) in [5, 5.41) is 4.35. The smallest absolute Gasteiger partial charge is 0.0637 e. The van der Waals surface area contributed by atoms with Crippen LogP contribution in [0.25, 0.3) is 0 Å². The van der Waals surface area contributed by atoms with Crippen LogP contribution >= 0.6 is 11.6 Å². The second kappa shape index (κ2) is 8.48. The van der Waals surface area contributed by atoms with Gasteiger partial charge in [0.1, 0.15) is 0 Å². The molecule has 2 nitrogen and oxygen atoms in total. The number of aromatic nitrogens is 1. The molecule has 0 aliphatic heterocycles. The van der Waals surface area contributed by atoms with E-state index in [9.17, 15) is 0 Å². The van der Waals surface area contributed by atoms with Crippen molar-refractivity contribution in [3.05, 3.63) is 29.0 Å². The van der Waals surface area contributed by atoms with Crippen LogP contribution < -0.4 is 5.32 Å². The molecule has 0 spiro atoms. The number of nitrogens with zero attached hydrogens (tertiary/aromatic N) is 1. The van der Waals surface area contributed by atoms with E-state index in [0.29, 0.717) is 6.04 Å². The highest BCUT2D eigenvalue weighted by molar-refractivity contribution is 6.31. The van der Waals surface area contributed by atoms with Gasteiger partial charge in [-0.05, 0) is 31.0 Å². The Morgan fingerprint density at radius 1 is 1.29 bits per heavy atom. The first kappa shape index (κ1) is 14.5. The Balaban J connectivity index is 2.64. The fraction of sp³-hybridized carbons (Fsp3) is 0.643. The van der Waals surface area contributed by atoms with E-state index in [1.165, 1.54) is 24.8 Å². The van der Waals surface area contributed by atoms with Crippen LogP contribution in [0.2, 0.25) is 5.02 Å². The van der Waals surface area contributed by atoms with E-state index in [1.54, 1.807) is 6.20 Å². The molecule has 0 bridgehead atoms. The predicted molar refractivity (Wildman–Crippen MR) is 74.4 cm³/mol. The minimum absolute atomic E-state index is 0.372. The second-order valence-electron chi connectivity index (χ2n) is 4.40. The zero-order chi connectivity index (χ0) is 12.5. The van der Waals surface area contributed by atoms with Crippen molar-refractivity contribution < 1.29 is 0 Å². The van der Waals surface area contributed by atoms with Crippen LogP contribution in [0.15, 0.2) is 18.5 Å². The topological polar surface area (TPSA) is 24.9 Å². The summed E-state index contributed by atoms with van der Waals surface area (Å²) >= 11 is 6.21. The van der Waals surface area contributed by atoms with Crippen LogP contribution in [0.4, 0.5) is 0 Å². The minimum Gasteiger partial charge on any atom is -0.310 e. The van der Waals surface area contributed by atoms with E-state index in [-0.39, 0.29) is 0 Å². The van der Waals surface area contributed by atoms with Gasteiger partial charge in [0.2, 0.25) is 0 Å². The van der Waals surface area contributed by atoms with Crippen molar-refractivity contribution in [3.8, 4) is 0 Å². The van der Waals surface area contributed by atoms with Gasteiger partial charge in [-0.2, -0.15) is 0 Å². The molecular formula is C14H23ClN2. The Bertz CT molecular complexity index is 315. The predicted octanol–water partition coefficient (Wildman–Crippen LogP) is 4.36. The number of rotatable bonds is 8. The Hall–Kier alpha value is -0.600. The fourth-order valence-electron chi connectivity index (χ4n) is 1.95. The van der Waals surface area contributed by atoms with E-state index in [1.807, 2.05) is 12.3 Å². The molecule has 1 N–H and O–H groups in total. The molecule has 1 rings (SSSR count). The summed E-state index contributed by atoms with van der Waals surface area (Å²) in [4.78, 5) is 4.04. The Morgan fingerprint density at radius 2 is 2.12 bits per heavy atom. The van der Waals surface area contributed by atoms with Crippen molar-refractivity contribution in [2.45, 2.75) is 52.0 Å². The molecule has 17 heavy (non-hydrogen) atoms. The molecule has 0 saturated carbocycles. The maximum Gasteiger partial charge on any atom is 0.0637 e. The van der Waals surface area contributed by atoms with Gasteiger partial charge >= 0.3 is 0 Å². The molecule has 1 aromatic heterocycles. The van der Waals surface area contributed by atoms with E-state index in [0.717, 1.165) is 24.4 Å². The van der Waals surface area contributed by atoms with Crippen LogP contribution in [-0.4, -0.2) is 11.5 Å². The molecule has 0 radical (unpaired) electrons. The zero-order valence-electron chi connectivity index (χ0n) is 10.9. The van der Waals surface area contributed by atoms with E-state index >= 15 is 0 Å². The largest absolute Gasteiger partial charge is 0.310 e.